The van der Waals surface area contributed by atoms with Crippen molar-refractivity contribution < 1.29 is 24.1 Å². The van der Waals surface area contributed by atoms with Crippen LogP contribution in [-0.2, 0) is 6.42 Å². The van der Waals surface area contributed by atoms with E-state index in [1.807, 2.05) is 0 Å². The molecule has 0 radical (unpaired) electrons. The van der Waals surface area contributed by atoms with Gasteiger partial charge in [0.1, 0.15) is 17.3 Å². The number of carbonyl (C=O) groups excluding carboxylic acids is 1. The topological polar surface area (TPSA) is 133 Å². The van der Waals surface area contributed by atoms with Gasteiger partial charge in [-0.1, -0.05) is 22.4 Å². The molecule has 0 aliphatic rings. The smallest absolute Gasteiger partial charge is 0.255 e. The standard InChI is InChI=1S/C19H17BrFN5O4/c20-13-10-11(7-8-14(13)21)23-18(24-29)17-15(25-30-26-17)5-3-9-22-19(28)12-4-1-2-6-16(12)27/h1-2,4,6-8,10,27,29H,3,5,9H2,(H,22,28)(H,23,24). The molecule has 0 unspecified atom stereocenters. The Morgan fingerprint density at radius 1 is 1.23 bits per heavy atom. The molecule has 30 heavy (non-hydrogen) atoms. The van der Waals surface area contributed by atoms with E-state index in [4.69, 9.17) is 4.63 Å². The molecule has 0 fully saturated rings. The van der Waals surface area contributed by atoms with Crippen LogP contribution in [0, 0.1) is 5.82 Å². The Labute approximate surface area is 178 Å². The highest BCUT2D eigenvalue weighted by Gasteiger charge is 2.18. The highest BCUT2D eigenvalue weighted by Crippen LogP contribution is 2.21. The molecule has 11 heteroatoms. The number of para-hydroxylation sites is 1. The SMILES string of the molecule is O=C(NCCCc1nonc1C(=NO)Nc1ccc(F)c(Br)c1)c1ccccc1O. The second-order valence-corrected chi connectivity index (χ2v) is 6.99. The van der Waals surface area contributed by atoms with Gasteiger partial charge in [0.2, 0.25) is 5.84 Å². The molecule has 4 N–H and O–H groups in total. The number of hydrogen-bond acceptors (Lipinski definition) is 7. The molecular formula is C19H17BrFN5O4. The van der Waals surface area contributed by atoms with E-state index in [-0.39, 0.29) is 27.3 Å². The Hall–Kier alpha value is -3.47. The Morgan fingerprint density at radius 3 is 2.77 bits per heavy atom. The van der Waals surface area contributed by atoms with Crippen molar-refractivity contribution in [1.29, 1.82) is 0 Å². The van der Waals surface area contributed by atoms with E-state index in [0.29, 0.717) is 30.8 Å². The number of phenols is 1. The summed E-state index contributed by atoms with van der Waals surface area (Å²) in [5.41, 5.74) is 1.24. The Kier molecular flexibility index (Phi) is 6.96. The molecule has 0 atom stereocenters. The van der Waals surface area contributed by atoms with Crippen molar-refractivity contribution in [3.63, 3.8) is 0 Å². The summed E-state index contributed by atoms with van der Waals surface area (Å²) in [6, 6.07) is 10.4. The van der Waals surface area contributed by atoms with Gasteiger partial charge in [-0.15, -0.1) is 0 Å². The number of halogens is 2. The van der Waals surface area contributed by atoms with Gasteiger partial charge in [-0.2, -0.15) is 0 Å². The number of benzene rings is 2. The second-order valence-electron chi connectivity index (χ2n) is 6.14. The number of phenolic OH excluding ortho intramolecular Hbond substituents is 1. The minimum Gasteiger partial charge on any atom is -0.507 e. The molecule has 156 valence electrons. The first-order valence-corrected chi connectivity index (χ1v) is 9.61. The zero-order valence-corrected chi connectivity index (χ0v) is 17.1. The van der Waals surface area contributed by atoms with Crippen molar-refractivity contribution in [2.45, 2.75) is 12.8 Å². The molecular weight excluding hydrogens is 461 g/mol. The number of amides is 1. The lowest BCUT2D eigenvalue weighted by molar-refractivity contribution is 0.0950. The highest BCUT2D eigenvalue weighted by molar-refractivity contribution is 9.10. The summed E-state index contributed by atoms with van der Waals surface area (Å²) in [7, 11) is 0. The molecule has 0 spiro atoms. The number of hydrogen-bond donors (Lipinski definition) is 4. The van der Waals surface area contributed by atoms with Crippen LogP contribution in [0.25, 0.3) is 0 Å². The van der Waals surface area contributed by atoms with Crippen LogP contribution >= 0.6 is 15.9 Å². The van der Waals surface area contributed by atoms with Crippen LogP contribution < -0.4 is 10.6 Å². The highest BCUT2D eigenvalue weighted by atomic mass is 79.9. The number of carbonyl (C=O) groups is 1. The van der Waals surface area contributed by atoms with Gasteiger partial charge in [-0.25, -0.2) is 9.02 Å². The first kappa shape index (κ1) is 21.2. The van der Waals surface area contributed by atoms with Gasteiger partial charge in [-0.3, -0.25) is 4.79 Å². The number of nitrogens with one attached hydrogen (secondary N) is 2. The van der Waals surface area contributed by atoms with E-state index in [1.165, 1.54) is 30.3 Å². The molecule has 0 aliphatic carbocycles. The van der Waals surface area contributed by atoms with Gasteiger partial charge in [-0.05, 0) is 64.3 Å². The normalized spacial score (nSPS) is 11.3. The van der Waals surface area contributed by atoms with Crippen LogP contribution in [0.4, 0.5) is 10.1 Å². The quantitative estimate of drug-likeness (QED) is 0.135. The largest absolute Gasteiger partial charge is 0.507 e. The van der Waals surface area contributed by atoms with Crippen LogP contribution in [-0.4, -0.2) is 38.9 Å². The number of amidine groups is 1. The zero-order chi connectivity index (χ0) is 21.5. The molecule has 0 bridgehead atoms. The minimum atomic E-state index is -0.433. The van der Waals surface area contributed by atoms with Crippen molar-refractivity contribution in [2.24, 2.45) is 5.16 Å². The first-order chi connectivity index (χ1) is 14.5. The average Bonchev–Trinajstić information content (AvgIpc) is 3.20. The van der Waals surface area contributed by atoms with E-state index in [2.05, 4.69) is 42.0 Å². The van der Waals surface area contributed by atoms with E-state index in [1.54, 1.807) is 12.1 Å². The molecule has 0 aliphatic heterocycles. The number of aromatic nitrogens is 2. The summed E-state index contributed by atoms with van der Waals surface area (Å²) < 4.78 is 18.4. The monoisotopic (exact) mass is 477 g/mol. The predicted octanol–water partition coefficient (Wildman–Crippen LogP) is 3.29. The summed E-state index contributed by atoms with van der Waals surface area (Å²) in [6.45, 7) is 0.309. The molecule has 1 heterocycles. The van der Waals surface area contributed by atoms with Crippen molar-refractivity contribution in [3.8, 4) is 5.75 Å². The van der Waals surface area contributed by atoms with Crippen LogP contribution in [0.1, 0.15) is 28.2 Å². The number of aryl methyl sites for hydroxylation is 1. The molecule has 1 amide bonds. The van der Waals surface area contributed by atoms with Crippen LogP contribution in [0.5, 0.6) is 5.75 Å². The minimum absolute atomic E-state index is 0.0250. The van der Waals surface area contributed by atoms with Crippen molar-refractivity contribution in [3.05, 3.63) is 69.7 Å². The summed E-state index contributed by atoms with van der Waals surface area (Å²) >= 11 is 3.08. The van der Waals surface area contributed by atoms with Gasteiger partial charge >= 0.3 is 0 Å². The van der Waals surface area contributed by atoms with Crippen molar-refractivity contribution in [2.75, 3.05) is 11.9 Å². The third kappa shape index (κ3) is 5.11. The lowest BCUT2D eigenvalue weighted by Crippen LogP contribution is -2.25. The summed E-state index contributed by atoms with van der Waals surface area (Å²) in [5, 5.41) is 35.3. The maximum absolute atomic E-state index is 13.4. The summed E-state index contributed by atoms with van der Waals surface area (Å²) in [6.07, 6.45) is 0.856. The van der Waals surface area contributed by atoms with E-state index in [0.717, 1.165) is 0 Å². The number of oxime groups is 1. The molecule has 2 aromatic carbocycles. The third-order valence-corrected chi connectivity index (χ3v) is 4.70. The van der Waals surface area contributed by atoms with Crippen LogP contribution in [0.2, 0.25) is 0 Å². The lowest BCUT2D eigenvalue weighted by atomic mass is 10.1. The fourth-order valence-corrected chi connectivity index (χ4v) is 2.99. The van der Waals surface area contributed by atoms with E-state index in [9.17, 15) is 19.5 Å². The fourth-order valence-electron chi connectivity index (χ4n) is 2.61. The van der Waals surface area contributed by atoms with Gasteiger partial charge in [0.05, 0.1) is 10.0 Å². The van der Waals surface area contributed by atoms with Crippen LogP contribution in [0.15, 0.2) is 56.7 Å². The second kappa shape index (κ2) is 9.83. The fraction of sp³-hybridized carbons (Fsp3) is 0.158. The first-order valence-electron chi connectivity index (χ1n) is 8.81. The number of rotatable bonds is 7. The van der Waals surface area contributed by atoms with Gasteiger partial charge in [0.25, 0.3) is 5.91 Å². The molecule has 9 nitrogen and oxygen atoms in total. The maximum Gasteiger partial charge on any atom is 0.255 e. The summed E-state index contributed by atoms with van der Waals surface area (Å²) in [5.74, 6) is -0.950. The zero-order valence-electron chi connectivity index (χ0n) is 15.5. The van der Waals surface area contributed by atoms with Crippen molar-refractivity contribution in [1.82, 2.24) is 15.6 Å². The average molecular weight is 478 g/mol. The van der Waals surface area contributed by atoms with E-state index >= 15 is 0 Å². The van der Waals surface area contributed by atoms with Crippen LogP contribution in [0.3, 0.4) is 0 Å². The predicted molar refractivity (Wildman–Crippen MR) is 109 cm³/mol. The Bertz CT molecular complexity index is 1070. The number of aromatic hydroxyl groups is 1. The molecule has 0 saturated carbocycles. The lowest BCUT2D eigenvalue weighted by Gasteiger charge is -2.08. The third-order valence-electron chi connectivity index (χ3n) is 4.09. The molecule has 3 aromatic rings. The summed E-state index contributed by atoms with van der Waals surface area (Å²) in [4.78, 5) is 12.1. The molecule has 1 aromatic heterocycles. The Balaban J connectivity index is 1.58. The number of nitrogens with zero attached hydrogens (tertiary/aromatic N) is 3. The maximum atomic E-state index is 13.4. The molecule has 0 saturated heterocycles. The van der Waals surface area contributed by atoms with E-state index < -0.39 is 11.7 Å². The van der Waals surface area contributed by atoms with Gasteiger partial charge in [0.15, 0.2) is 5.69 Å². The Morgan fingerprint density at radius 2 is 2.03 bits per heavy atom. The van der Waals surface area contributed by atoms with Crippen molar-refractivity contribution >= 4 is 33.4 Å². The number of anilines is 1. The molecule has 3 rings (SSSR count). The van der Waals surface area contributed by atoms with Gasteiger partial charge in [0, 0.05) is 12.2 Å². The van der Waals surface area contributed by atoms with Gasteiger partial charge < -0.3 is 20.9 Å².